The predicted octanol–water partition coefficient (Wildman–Crippen LogP) is 2.03. The molecule has 7 heteroatoms. The summed E-state index contributed by atoms with van der Waals surface area (Å²) in [7, 11) is 0. The number of fused-ring (bicyclic) bond motifs is 1. The van der Waals surface area contributed by atoms with Crippen LogP contribution in [0.25, 0.3) is 0 Å². The molecule has 3 heterocycles. The third-order valence-corrected chi connectivity index (χ3v) is 5.38. The molecule has 140 valence electrons. The first kappa shape index (κ1) is 17.5. The Bertz CT molecular complexity index is 967. The van der Waals surface area contributed by atoms with Gasteiger partial charge in [-0.05, 0) is 37.1 Å². The molecule has 2 aromatic rings. The Morgan fingerprint density at radius 2 is 1.93 bits per heavy atom. The van der Waals surface area contributed by atoms with Crippen molar-refractivity contribution in [2.24, 2.45) is 0 Å². The third-order valence-electron chi connectivity index (χ3n) is 5.38. The molecule has 0 atom stereocenters. The number of rotatable bonds is 1. The van der Waals surface area contributed by atoms with Gasteiger partial charge in [0, 0.05) is 32.0 Å². The number of nitrogens with zero attached hydrogens (tertiary/aromatic N) is 2. The Balaban J connectivity index is 1.52. The molecule has 0 saturated carbocycles. The van der Waals surface area contributed by atoms with Crippen molar-refractivity contribution < 1.29 is 14.3 Å². The number of aromatic nitrogens is 2. The molecular weight excluding hydrogens is 346 g/mol. The van der Waals surface area contributed by atoms with Crippen LogP contribution in [0.3, 0.4) is 0 Å². The van der Waals surface area contributed by atoms with E-state index in [2.05, 4.69) is 10.2 Å². The lowest BCUT2D eigenvalue weighted by Gasteiger charge is -2.44. The summed E-state index contributed by atoms with van der Waals surface area (Å²) in [6.07, 6.45) is 1.50. The number of H-pyrrole nitrogens is 1. The lowest BCUT2D eigenvalue weighted by atomic mass is 9.81. The Hall–Kier alpha value is -2.96. The molecule has 0 aliphatic carbocycles. The third kappa shape index (κ3) is 3.13. The van der Waals surface area contributed by atoms with Crippen LogP contribution in [-0.4, -0.2) is 45.5 Å². The van der Waals surface area contributed by atoms with E-state index in [1.165, 1.54) is 12.1 Å². The van der Waals surface area contributed by atoms with E-state index in [-0.39, 0.29) is 22.9 Å². The van der Waals surface area contributed by atoms with Gasteiger partial charge in [-0.3, -0.25) is 14.4 Å². The van der Waals surface area contributed by atoms with Gasteiger partial charge in [-0.2, -0.15) is 5.10 Å². The zero-order chi connectivity index (χ0) is 19.2. The number of hydrogen-bond donors (Lipinski definition) is 1. The number of ketones is 1. The molecule has 1 aromatic heterocycles. The van der Waals surface area contributed by atoms with E-state index in [9.17, 15) is 14.4 Å². The quantitative estimate of drug-likeness (QED) is 0.833. The summed E-state index contributed by atoms with van der Waals surface area (Å²) in [5.74, 6) is 0.555. The van der Waals surface area contributed by atoms with Crippen molar-refractivity contribution in [3.63, 3.8) is 0 Å². The zero-order valence-corrected chi connectivity index (χ0v) is 15.4. The first-order valence-corrected chi connectivity index (χ1v) is 9.05. The van der Waals surface area contributed by atoms with E-state index in [1.54, 1.807) is 4.90 Å². The van der Waals surface area contributed by atoms with Gasteiger partial charge in [0.05, 0.1) is 12.0 Å². The second kappa shape index (κ2) is 6.33. The highest BCUT2D eigenvalue weighted by atomic mass is 16.5. The summed E-state index contributed by atoms with van der Waals surface area (Å²) < 4.78 is 6.34. The van der Waals surface area contributed by atoms with E-state index < -0.39 is 5.60 Å². The fourth-order valence-corrected chi connectivity index (χ4v) is 3.96. The number of aromatic amines is 1. The Kier molecular flexibility index (Phi) is 4.09. The van der Waals surface area contributed by atoms with E-state index in [0.717, 1.165) is 11.1 Å². The Morgan fingerprint density at radius 3 is 2.59 bits per heavy atom. The Morgan fingerprint density at radius 1 is 1.19 bits per heavy atom. The lowest BCUT2D eigenvalue weighted by molar-refractivity contribution is -0.00635. The van der Waals surface area contributed by atoms with Crippen LogP contribution < -0.4 is 10.3 Å². The number of carbonyl (C=O) groups excluding carboxylic acids is 2. The predicted molar refractivity (Wildman–Crippen MR) is 98.2 cm³/mol. The summed E-state index contributed by atoms with van der Waals surface area (Å²) >= 11 is 0. The van der Waals surface area contributed by atoms with Crippen LogP contribution in [0.15, 0.2) is 29.1 Å². The molecule has 2 aliphatic rings. The summed E-state index contributed by atoms with van der Waals surface area (Å²) in [5.41, 5.74) is 1.99. The van der Waals surface area contributed by atoms with Gasteiger partial charge in [0.2, 0.25) is 0 Å². The molecule has 0 radical (unpaired) electrons. The van der Waals surface area contributed by atoms with Crippen LogP contribution in [-0.2, 0) is 0 Å². The SMILES string of the molecule is Cc1cc(C)c2c(c1)C(=O)CC1(CCN(C(=O)c3ccc(=O)[nH]n3)CC1)O2. The normalized spacial score (nSPS) is 18.1. The summed E-state index contributed by atoms with van der Waals surface area (Å²) in [6.45, 7) is 4.89. The molecule has 2 aliphatic heterocycles. The molecule has 1 spiro atoms. The lowest BCUT2D eigenvalue weighted by Crippen LogP contribution is -2.52. The highest BCUT2D eigenvalue weighted by molar-refractivity contribution is 6.01. The van der Waals surface area contributed by atoms with Crippen LogP contribution in [0.5, 0.6) is 5.75 Å². The standard InChI is InChI=1S/C20H21N3O4/c1-12-9-13(2)18-14(10-12)16(24)11-20(27-18)5-7-23(8-6-20)19(26)15-3-4-17(25)22-21-15/h3-4,9-10H,5-8,11H2,1-2H3,(H,22,25). The molecule has 7 nitrogen and oxygen atoms in total. The fourth-order valence-electron chi connectivity index (χ4n) is 3.96. The molecule has 27 heavy (non-hydrogen) atoms. The summed E-state index contributed by atoms with van der Waals surface area (Å²) in [6, 6.07) is 6.62. The van der Waals surface area contributed by atoms with Crippen LogP contribution in [0.2, 0.25) is 0 Å². The van der Waals surface area contributed by atoms with Crippen molar-refractivity contribution in [3.05, 3.63) is 57.0 Å². The van der Waals surface area contributed by atoms with E-state index in [0.29, 0.717) is 43.7 Å². The highest BCUT2D eigenvalue weighted by Crippen LogP contribution is 2.41. The average Bonchev–Trinajstić information content (AvgIpc) is 2.64. The van der Waals surface area contributed by atoms with Crippen molar-refractivity contribution in [1.29, 1.82) is 0 Å². The number of nitrogens with one attached hydrogen (secondary N) is 1. The topological polar surface area (TPSA) is 92.4 Å². The van der Waals surface area contributed by atoms with E-state index in [4.69, 9.17) is 4.74 Å². The number of amides is 1. The fraction of sp³-hybridized carbons (Fsp3) is 0.400. The molecular formula is C20H21N3O4. The van der Waals surface area contributed by atoms with Gasteiger partial charge in [-0.15, -0.1) is 0 Å². The van der Waals surface area contributed by atoms with E-state index in [1.807, 2.05) is 26.0 Å². The molecule has 0 bridgehead atoms. The van der Waals surface area contributed by atoms with E-state index >= 15 is 0 Å². The van der Waals surface area contributed by atoms with Gasteiger partial charge in [0.15, 0.2) is 5.78 Å². The van der Waals surface area contributed by atoms with Gasteiger partial charge >= 0.3 is 0 Å². The maximum Gasteiger partial charge on any atom is 0.274 e. The second-order valence-electron chi connectivity index (χ2n) is 7.44. The number of hydrogen-bond acceptors (Lipinski definition) is 5. The molecule has 1 aromatic carbocycles. The van der Waals surface area contributed by atoms with Gasteiger partial charge in [0.1, 0.15) is 17.0 Å². The van der Waals surface area contributed by atoms with Crippen molar-refractivity contribution >= 4 is 11.7 Å². The van der Waals surface area contributed by atoms with Crippen molar-refractivity contribution in [1.82, 2.24) is 15.1 Å². The highest BCUT2D eigenvalue weighted by Gasteiger charge is 2.44. The van der Waals surface area contributed by atoms with Crippen LogP contribution >= 0.6 is 0 Å². The number of carbonyl (C=O) groups is 2. The minimum atomic E-state index is -0.556. The minimum absolute atomic E-state index is 0.102. The molecule has 4 rings (SSSR count). The molecule has 1 saturated heterocycles. The maximum atomic E-state index is 12.7. The number of ether oxygens (including phenoxy) is 1. The number of benzene rings is 1. The molecule has 1 fully saturated rings. The Labute approximate surface area is 156 Å². The van der Waals surface area contributed by atoms with Crippen molar-refractivity contribution in [2.45, 2.75) is 38.7 Å². The summed E-state index contributed by atoms with van der Waals surface area (Å²) in [4.78, 5) is 38.1. The number of Topliss-reactive ketones (excluding diaryl/α,β-unsaturated/α-hetero) is 1. The summed E-state index contributed by atoms with van der Waals surface area (Å²) in [5, 5.41) is 6.09. The van der Waals surface area contributed by atoms with Gasteiger partial charge in [-0.1, -0.05) is 6.07 Å². The van der Waals surface area contributed by atoms with Crippen molar-refractivity contribution in [2.75, 3.05) is 13.1 Å². The van der Waals surface area contributed by atoms with Gasteiger partial charge in [0.25, 0.3) is 11.5 Å². The van der Waals surface area contributed by atoms with Gasteiger partial charge in [-0.25, -0.2) is 5.10 Å². The average molecular weight is 367 g/mol. The van der Waals surface area contributed by atoms with Gasteiger partial charge < -0.3 is 9.64 Å². The first-order valence-electron chi connectivity index (χ1n) is 9.05. The van der Waals surface area contributed by atoms with Crippen molar-refractivity contribution in [3.8, 4) is 5.75 Å². The number of piperidine rings is 1. The second-order valence-corrected chi connectivity index (χ2v) is 7.44. The monoisotopic (exact) mass is 367 g/mol. The first-order chi connectivity index (χ1) is 12.9. The number of likely N-dealkylation sites (tertiary alicyclic amines) is 1. The molecule has 1 amide bonds. The smallest absolute Gasteiger partial charge is 0.274 e. The number of aryl methyl sites for hydroxylation is 2. The molecule has 1 N–H and O–H groups in total. The largest absolute Gasteiger partial charge is 0.486 e. The van der Waals surface area contributed by atoms with Crippen LogP contribution in [0.1, 0.15) is 51.2 Å². The molecule has 0 unspecified atom stereocenters. The zero-order valence-electron chi connectivity index (χ0n) is 15.4. The minimum Gasteiger partial charge on any atom is -0.486 e. The van der Waals surface area contributed by atoms with Crippen LogP contribution in [0, 0.1) is 13.8 Å². The van der Waals surface area contributed by atoms with Crippen LogP contribution in [0.4, 0.5) is 0 Å². The maximum absolute atomic E-state index is 12.7.